The van der Waals surface area contributed by atoms with E-state index in [2.05, 4.69) is 17.0 Å². The Labute approximate surface area is 112 Å². The van der Waals surface area contributed by atoms with Gasteiger partial charge < -0.3 is 15.7 Å². The molecule has 0 bridgehead atoms. The van der Waals surface area contributed by atoms with Gasteiger partial charge in [-0.1, -0.05) is 18.2 Å². The number of fused-ring (bicyclic) bond motifs is 1. The summed E-state index contributed by atoms with van der Waals surface area (Å²) in [6.45, 7) is 1.65. The van der Waals surface area contributed by atoms with E-state index < -0.39 is 0 Å². The third kappa shape index (κ3) is 2.17. The van der Waals surface area contributed by atoms with Crippen LogP contribution in [0, 0.1) is 0 Å². The van der Waals surface area contributed by atoms with Gasteiger partial charge in [0.1, 0.15) is 5.82 Å². The van der Waals surface area contributed by atoms with Crippen molar-refractivity contribution in [3.05, 3.63) is 35.9 Å². The summed E-state index contributed by atoms with van der Waals surface area (Å²) in [5.74, 6) is 0.940. The van der Waals surface area contributed by atoms with Crippen LogP contribution in [-0.4, -0.2) is 29.3 Å². The van der Waals surface area contributed by atoms with Crippen molar-refractivity contribution in [1.82, 2.24) is 4.98 Å². The van der Waals surface area contributed by atoms with Crippen molar-refractivity contribution in [3.8, 4) is 0 Å². The van der Waals surface area contributed by atoms with E-state index in [4.69, 9.17) is 10.7 Å². The molecule has 1 aliphatic rings. The number of anilines is 1. The molecule has 1 atom stereocenters. The number of para-hydroxylation sites is 1. The maximum atomic E-state index is 9.44. The van der Waals surface area contributed by atoms with Gasteiger partial charge in [0.25, 0.3) is 0 Å². The van der Waals surface area contributed by atoms with Crippen LogP contribution in [0.2, 0.25) is 0 Å². The average molecular weight is 257 g/mol. The van der Waals surface area contributed by atoms with Crippen LogP contribution >= 0.6 is 0 Å². The number of pyridine rings is 1. The van der Waals surface area contributed by atoms with Gasteiger partial charge in [-0.2, -0.15) is 0 Å². The van der Waals surface area contributed by atoms with Crippen LogP contribution < -0.4 is 10.6 Å². The summed E-state index contributed by atoms with van der Waals surface area (Å²) >= 11 is 0. The molecule has 1 fully saturated rings. The van der Waals surface area contributed by atoms with E-state index in [-0.39, 0.29) is 12.6 Å². The highest BCUT2D eigenvalue weighted by Crippen LogP contribution is 2.28. The van der Waals surface area contributed by atoms with Crippen LogP contribution in [-0.2, 0) is 6.54 Å². The highest BCUT2D eigenvalue weighted by molar-refractivity contribution is 5.84. The number of aliphatic hydroxyl groups is 1. The molecule has 0 saturated carbocycles. The Bertz CT molecular complexity index is 585. The van der Waals surface area contributed by atoms with Crippen LogP contribution in [0.5, 0.6) is 0 Å². The predicted octanol–water partition coefficient (Wildman–Crippen LogP) is 1.65. The Morgan fingerprint density at radius 1 is 1.37 bits per heavy atom. The standard InChI is InChI=1S/C15H19N3O/c16-9-11-8-15(18-7-3-4-12(18)10-19)17-14-6-2-1-5-13(11)14/h1-2,5-6,8,12,19H,3-4,7,9-10,16H2. The van der Waals surface area contributed by atoms with Crippen molar-refractivity contribution in [1.29, 1.82) is 0 Å². The normalized spacial score (nSPS) is 19.3. The Balaban J connectivity index is 2.09. The first-order chi connectivity index (χ1) is 9.33. The van der Waals surface area contributed by atoms with E-state index >= 15 is 0 Å². The summed E-state index contributed by atoms with van der Waals surface area (Å²) < 4.78 is 0. The molecule has 3 N–H and O–H groups in total. The lowest BCUT2D eigenvalue weighted by molar-refractivity contribution is 0.266. The molecule has 0 aliphatic carbocycles. The summed E-state index contributed by atoms with van der Waals surface area (Å²) in [6, 6.07) is 10.3. The van der Waals surface area contributed by atoms with Gasteiger partial charge in [0, 0.05) is 18.5 Å². The summed E-state index contributed by atoms with van der Waals surface area (Å²) in [5.41, 5.74) is 7.95. The Kier molecular flexibility index (Phi) is 3.36. The van der Waals surface area contributed by atoms with Crippen molar-refractivity contribution >= 4 is 16.7 Å². The molecule has 100 valence electrons. The number of hydrogen-bond donors (Lipinski definition) is 2. The maximum absolute atomic E-state index is 9.44. The molecule has 1 aromatic heterocycles. The zero-order valence-electron chi connectivity index (χ0n) is 10.9. The molecule has 4 nitrogen and oxygen atoms in total. The fourth-order valence-corrected chi connectivity index (χ4v) is 2.88. The number of aromatic nitrogens is 1. The molecule has 0 amide bonds. The van der Waals surface area contributed by atoms with Crippen LogP contribution in [0.3, 0.4) is 0 Å². The van der Waals surface area contributed by atoms with Crippen molar-refractivity contribution in [2.24, 2.45) is 5.73 Å². The first kappa shape index (κ1) is 12.4. The highest BCUT2D eigenvalue weighted by Gasteiger charge is 2.25. The zero-order chi connectivity index (χ0) is 13.2. The third-order valence-corrected chi connectivity index (χ3v) is 3.89. The second kappa shape index (κ2) is 5.15. The van der Waals surface area contributed by atoms with E-state index in [0.717, 1.165) is 41.7 Å². The fourth-order valence-electron chi connectivity index (χ4n) is 2.88. The van der Waals surface area contributed by atoms with E-state index in [1.165, 1.54) is 0 Å². The molecule has 3 rings (SSSR count). The number of benzene rings is 1. The molecule has 2 aromatic rings. The van der Waals surface area contributed by atoms with Crippen LogP contribution in [0.1, 0.15) is 18.4 Å². The number of rotatable bonds is 3. The Morgan fingerprint density at radius 2 is 2.21 bits per heavy atom. The van der Waals surface area contributed by atoms with Gasteiger partial charge in [0.2, 0.25) is 0 Å². The number of hydrogen-bond acceptors (Lipinski definition) is 4. The molecule has 1 unspecified atom stereocenters. The zero-order valence-corrected chi connectivity index (χ0v) is 10.9. The minimum atomic E-state index is 0.187. The molecule has 19 heavy (non-hydrogen) atoms. The van der Waals surface area contributed by atoms with Gasteiger partial charge >= 0.3 is 0 Å². The van der Waals surface area contributed by atoms with Gasteiger partial charge in [-0.25, -0.2) is 4.98 Å². The summed E-state index contributed by atoms with van der Waals surface area (Å²) in [4.78, 5) is 6.92. The maximum Gasteiger partial charge on any atom is 0.129 e. The van der Waals surface area contributed by atoms with E-state index in [1.54, 1.807) is 0 Å². The second-order valence-electron chi connectivity index (χ2n) is 5.03. The van der Waals surface area contributed by atoms with E-state index in [1.807, 2.05) is 18.2 Å². The molecule has 4 heteroatoms. The van der Waals surface area contributed by atoms with Crippen LogP contribution in [0.25, 0.3) is 10.9 Å². The van der Waals surface area contributed by atoms with Gasteiger partial charge in [-0.05, 0) is 30.5 Å². The molecule has 0 radical (unpaired) electrons. The van der Waals surface area contributed by atoms with Crippen molar-refractivity contribution in [3.63, 3.8) is 0 Å². The van der Waals surface area contributed by atoms with Crippen molar-refractivity contribution in [2.45, 2.75) is 25.4 Å². The predicted molar refractivity (Wildman–Crippen MR) is 77.1 cm³/mol. The number of aliphatic hydroxyl groups excluding tert-OH is 1. The minimum absolute atomic E-state index is 0.187. The molecule has 1 aromatic carbocycles. The molecule has 1 saturated heterocycles. The number of nitrogens with two attached hydrogens (primary N) is 1. The average Bonchev–Trinajstić information content (AvgIpc) is 2.94. The van der Waals surface area contributed by atoms with Gasteiger partial charge in [-0.3, -0.25) is 0 Å². The minimum Gasteiger partial charge on any atom is -0.394 e. The third-order valence-electron chi connectivity index (χ3n) is 3.89. The number of nitrogens with zero attached hydrogens (tertiary/aromatic N) is 2. The Morgan fingerprint density at radius 3 is 3.00 bits per heavy atom. The first-order valence-electron chi connectivity index (χ1n) is 6.79. The van der Waals surface area contributed by atoms with Gasteiger partial charge in [0.05, 0.1) is 18.2 Å². The van der Waals surface area contributed by atoms with Crippen molar-refractivity contribution < 1.29 is 5.11 Å². The highest BCUT2D eigenvalue weighted by atomic mass is 16.3. The topological polar surface area (TPSA) is 62.4 Å². The van der Waals surface area contributed by atoms with Gasteiger partial charge in [-0.15, -0.1) is 0 Å². The smallest absolute Gasteiger partial charge is 0.129 e. The fraction of sp³-hybridized carbons (Fsp3) is 0.400. The molecule has 1 aliphatic heterocycles. The second-order valence-corrected chi connectivity index (χ2v) is 5.03. The lowest BCUT2D eigenvalue weighted by Crippen LogP contribution is -2.32. The van der Waals surface area contributed by atoms with Crippen molar-refractivity contribution in [2.75, 3.05) is 18.1 Å². The van der Waals surface area contributed by atoms with E-state index in [9.17, 15) is 5.11 Å². The summed E-state index contributed by atoms with van der Waals surface area (Å²) in [6.07, 6.45) is 2.14. The lowest BCUT2D eigenvalue weighted by atomic mass is 10.1. The summed E-state index contributed by atoms with van der Waals surface area (Å²) in [7, 11) is 0. The Hall–Kier alpha value is -1.65. The van der Waals surface area contributed by atoms with Crippen LogP contribution in [0.4, 0.5) is 5.82 Å². The quantitative estimate of drug-likeness (QED) is 0.877. The van der Waals surface area contributed by atoms with Crippen LogP contribution in [0.15, 0.2) is 30.3 Å². The van der Waals surface area contributed by atoms with E-state index in [0.29, 0.717) is 6.54 Å². The SMILES string of the molecule is NCc1cc(N2CCCC2CO)nc2ccccc12. The molecular weight excluding hydrogens is 238 g/mol. The summed E-state index contributed by atoms with van der Waals surface area (Å²) in [5, 5.41) is 10.6. The largest absolute Gasteiger partial charge is 0.394 e. The molecular formula is C15H19N3O. The lowest BCUT2D eigenvalue weighted by Gasteiger charge is -2.25. The van der Waals surface area contributed by atoms with Gasteiger partial charge in [0.15, 0.2) is 0 Å². The monoisotopic (exact) mass is 257 g/mol. The molecule has 2 heterocycles. The molecule has 0 spiro atoms. The first-order valence-corrected chi connectivity index (χ1v) is 6.79.